The molecule has 15 heavy (non-hydrogen) atoms. The van der Waals surface area contributed by atoms with Crippen LogP contribution in [0, 0.1) is 11.3 Å². The molecule has 1 heterocycles. The van der Waals surface area contributed by atoms with Crippen molar-refractivity contribution in [2.45, 2.75) is 13.5 Å². The highest BCUT2D eigenvalue weighted by Gasteiger charge is 2.10. The smallest absolute Gasteiger partial charge is 0.338 e. The van der Waals surface area contributed by atoms with E-state index in [4.69, 9.17) is 5.26 Å². The Morgan fingerprint density at radius 3 is 2.73 bits per heavy atom. The lowest BCUT2D eigenvalue weighted by Crippen LogP contribution is -2.23. The van der Waals surface area contributed by atoms with Crippen LogP contribution in [0.25, 0.3) is 0 Å². The maximum Gasteiger partial charge on any atom is 0.338 e. The second-order valence-corrected chi connectivity index (χ2v) is 2.82. The first-order valence-electron chi connectivity index (χ1n) is 4.37. The fraction of sp³-hybridized carbons (Fsp3) is 0.300. The highest BCUT2D eigenvalue weighted by atomic mass is 16.5. The maximum absolute atomic E-state index is 11.5. The summed E-state index contributed by atoms with van der Waals surface area (Å²) >= 11 is 0. The summed E-state index contributed by atoms with van der Waals surface area (Å²) in [7, 11) is 1.22. The van der Waals surface area contributed by atoms with E-state index in [1.165, 1.54) is 17.7 Å². The van der Waals surface area contributed by atoms with Crippen molar-refractivity contribution in [3.63, 3.8) is 0 Å². The number of carbonyl (C=O) groups is 1. The summed E-state index contributed by atoms with van der Waals surface area (Å²) in [5, 5.41) is 8.79. The van der Waals surface area contributed by atoms with Crippen molar-refractivity contribution >= 4 is 5.97 Å². The molecule has 0 aromatic carbocycles. The van der Waals surface area contributed by atoms with Gasteiger partial charge >= 0.3 is 5.97 Å². The number of carbonyl (C=O) groups excluding carboxylic acids is 1. The minimum Gasteiger partial charge on any atom is -0.465 e. The van der Waals surface area contributed by atoms with Crippen molar-refractivity contribution in [3.8, 4) is 6.07 Å². The molecule has 0 radical (unpaired) electrons. The second kappa shape index (κ2) is 4.42. The Morgan fingerprint density at radius 2 is 2.27 bits per heavy atom. The lowest BCUT2D eigenvalue weighted by Gasteiger charge is -2.05. The van der Waals surface area contributed by atoms with Crippen molar-refractivity contribution < 1.29 is 9.53 Å². The number of hydrogen-bond donors (Lipinski definition) is 0. The van der Waals surface area contributed by atoms with Crippen LogP contribution in [0.1, 0.15) is 23.0 Å². The molecular weight excluding hydrogens is 196 g/mol. The molecule has 78 valence electrons. The summed E-state index contributed by atoms with van der Waals surface area (Å²) in [6, 6.07) is 4.37. The van der Waals surface area contributed by atoms with Gasteiger partial charge in [-0.3, -0.25) is 4.79 Å². The van der Waals surface area contributed by atoms with Crippen molar-refractivity contribution in [1.29, 1.82) is 5.26 Å². The molecule has 5 heteroatoms. The fourth-order valence-electron chi connectivity index (χ4n) is 1.25. The molecule has 0 bridgehead atoms. The Hall–Kier alpha value is -2.09. The van der Waals surface area contributed by atoms with Crippen LogP contribution in [-0.2, 0) is 11.3 Å². The highest BCUT2D eigenvalue weighted by Crippen LogP contribution is 2.02. The van der Waals surface area contributed by atoms with E-state index in [2.05, 4.69) is 4.74 Å². The first-order valence-corrected chi connectivity index (χ1v) is 4.37. The molecule has 0 atom stereocenters. The van der Waals surface area contributed by atoms with Crippen LogP contribution >= 0.6 is 0 Å². The minimum absolute atomic E-state index is 0.101. The summed E-state index contributed by atoms with van der Waals surface area (Å²) in [6.45, 7) is 2.14. The molecule has 0 saturated heterocycles. The number of methoxy groups -OCH3 is 1. The van der Waals surface area contributed by atoms with Crippen LogP contribution in [0.5, 0.6) is 0 Å². The molecule has 0 aliphatic carbocycles. The number of esters is 1. The largest absolute Gasteiger partial charge is 0.465 e. The number of nitrogens with zero attached hydrogens (tertiary/aromatic N) is 2. The summed E-state index contributed by atoms with van der Waals surface area (Å²) < 4.78 is 5.75. The fourth-order valence-corrected chi connectivity index (χ4v) is 1.25. The average molecular weight is 206 g/mol. The van der Waals surface area contributed by atoms with Crippen LogP contribution in [0.4, 0.5) is 0 Å². The van der Waals surface area contributed by atoms with Gasteiger partial charge in [-0.15, -0.1) is 0 Å². The van der Waals surface area contributed by atoms with Gasteiger partial charge in [0, 0.05) is 12.6 Å². The van der Waals surface area contributed by atoms with E-state index in [-0.39, 0.29) is 16.8 Å². The molecule has 5 nitrogen and oxygen atoms in total. The Bertz CT molecular complexity index is 482. The highest BCUT2D eigenvalue weighted by molar-refractivity contribution is 5.89. The van der Waals surface area contributed by atoms with E-state index in [9.17, 15) is 9.59 Å². The standard InChI is InChI=1S/C10H10N2O3/c1-3-12-8(6-11)4-7(5-9(12)13)10(14)15-2/h4-5H,3H2,1-2H3. The predicted molar refractivity (Wildman–Crippen MR) is 52.4 cm³/mol. The van der Waals surface area contributed by atoms with Crippen LogP contribution in [0.3, 0.4) is 0 Å². The van der Waals surface area contributed by atoms with Crippen molar-refractivity contribution in [2.24, 2.45) is 0 Å². The first-order chi connectivity index (χ1) is 7.13. The summed E-state index contributed by atoms with van der Waals surface area (Å²) in [6.07, 6.45) is 0. The third kappa shape index (κ3) is 2.05. The van der Waals surface area contributed by atoms with Gasteiger partial charge in [-0.05, 0) is 13.0 Å². The second-order valence-electron chi connectivity index (χ2n) is 2.82. The monoisotopic (exact) mass is 206 g/mol. The maximum atomic E-state index is 11.5. The summed E-state index contributed by atoms with van der Waals surface area (Å²) in [4.78, 5) is 22.6. The van der Waals surface area contributed by atoms with Crippen molar-refractivity contribution in [1.82, 2.24) is 4.57 Å². The third-order valence-corrected chi connectivity index (χ3v) is 1.98. The number of nitriles is 1. The zero-order chi connectivity index (χ0) is 11.4. The molecule has 0 spiro atoms. The Kier molecular flexibility index (Phi) is 3.24. The lowest BCUT2D eigenvalue weighted by atomic mass is 10.2. The van der Waals surface area contributed by atoms with E-state index >= 15 is 0 Å². The molecule has 0 N–H and O–H groups in total. The number of aromatic nitrogens is 1. The molecule has 0 amide bonds. The molecule has 0 fully saturated rings. The normalized spacial score (nSPS) is 9.40. The minimum atomic E-state index is -0.619. The van der Waals surface area contributed by atoms with Gasteiger partial charge in [0.25, 0.3) is 5.56 Å². The van der Waals surface area contributed by atoms with Crippen LogP contribution in [0.2, 0.25) is 0 Å². The first kappa shape index (κ1) is 11.0. The van der Waals surface area contributed by atoms with E-state index in [1.807, 2.05) is 6.07 Å². The zero-order valence-corrected chi connectivity index (χ0v) is 8.48. The quantitative estimate of drug-likeness (QED) is 0.661. The van der Waals surface area contributed by atoms with Gasteiger partial charge in [0.05, 0.1) is 12.7 Å². The molecule has 1 aromatic rings. The molecule has 1 aromatic heterocycles. The summed E-state index contributed by atoms with van der Waals surface area (Å²) in [5.74, 6) is -0.619. The Balaban J connectivity index is 3.40. The van der Waals surface area contributed by atoms with E-state index in [0.29, 0.717) is 6.54 Å². The van der Waals surface area contributed by atoms with Crippen molar-refractivity contribution in [3.05, 3.63) is 33.7 Å². The van der Waals surface area contributed by atoms with Gasteiger partial charge in [0.2, 0.25) is 0 Å². The van der Waals surface area contributed by atoms with Crippen LogP contribution < -0.4 is 5.56 Å². The molecule has 0 unspecified atom stereocenters. The third-order valence-electron chi connectivity index (χ3n) is 1.98. The number of pyridine rings is 1. The van der Waals surface area contributed by atoms with Gasteiger partial charge in [-0.1, -0.05) is 0 Å². The Morgan fingerprint density at radius 1 is 1.60 bits per heavy atom. The molecule has 0 aliphatic heterocycles. The molecule has 0 aliphatic rings. The van der Waals surface area contributed by atoms with Gasteiger partial charge in [-0.2, -0.15) is 5.26 Å². The lowest BCUT2D eigenvalue weighted by molar-refractivity contribution is 0.0600. The number of rotatable bonds is 2. The SMILES string of the molecule is CCn1c(C#N)cc(C(=O)OC)cc1=O. The Labute approximate surface area is 86.5 Å². The number of hydrogen-bond acceptors (Lipinski definition) is 4. The number of ether oxygens (including phenoxy) is 1. The molecular formula is C10H10N2O3. The van der Waals surface area contributed by atoms with Gasteiger partial charge in [0.15, 0.2) is 0 Å². The molecule has 0 saturated carbocycles. The van der Waals surface area contributed by atoms with Crippen LogP contribution in [-0.4, -0.2) is 17.6 Å². The topological polar surface area (TPSA) is 72.1 Å². The van der Waals surface area contributed by atoms with Crippen molar-refractivity contribution in [2.75, 3.05) is 7.11 Å². The van der Waals surface area contributed by atoms with E-state index in [1.54, 1.807) is 6.92 Å². The average Bonchev–Trinajstić information content (AvgIpc) is 2.26. The van der Waals surface area contributed by atoms with Gasteiger partial charge in [-0.25, -0.2) is 4.79 Å². The predicted octanol–water partition coefficient (Wildman–Crippen LogP) is 0.526. The van der Waals surface area contributed by atoms with Crippen LogP contribution in [0.15, 0.2) is 16.9 Å². The summed E-state index contributed by atoms with van der Waals surface area (Å²) in [5.41, 5.74) is -0.119. The zero-order valence-electron chi connectivity index (χ0n) is 8.48. The molecule has 1 rings (SSSR count). The van der Waals surface area contributed by atoms with Gasteiger partial charge < -0.3 is 9.30 Å². The van der Waals surface area contributed by atoms with E-state index < -0.39 is 5.97 Å². The van der Waals surface area contributed by atoms with Gasteiger partial charge in [0.1, 0.15) is 11.8 Å². The van der Waals surface area contributed by atoms with E-state index in [0.717, 1.165) is 6.07 Å².